The first kappa shape index (κ1) is 38.4. The zero-order valence-electron chi connectivity index (χ0n) is 30.1. The van der Waals surface area contributed by atoms with Crippen LogP contribution in [-0.2, 0) is 29.7 Å². The topological polar surface area (TPSA) is 124 Å². The lowest BCUT2D eigenvalue weighted by molar-refractivity contribution is 0.134. The van der Waals surface area contributed by atoms with Crippen molar-refractivity contribution in [2.75, 3.05) is 80.7 Å². The predicted octanol–water partition coefficient (Wildman–Crippen LogP) is 4.57. The third-order valence-electron chi connectivity index (χ3n) is 9.40. The first-order valence-electron chi connectivity index (χ1n) is 18.0. The fourth-order valence-corrected chi connectivity index (χ4v) is 9.72. The van der Waals surface area contributed by atoms with Gasteiger partial charge in [-0.3, -0.25) is 0 Å². The molecule has 5 rings (SSSR count). The molecule has 0 unspecified atom stereocenters. The molecule has 0 bridgehead atoms. The fourth-order valence-electron chi connectivity index (χ4n) is 6.63. The van der Waals surface area contributed by atoms with E-state index >= 15 is 0 Å². The van der Waals surface area contributed by atoms with Crippen molar-refractivity contribution in [2.45, 2.75) is 74.0 Å². The minimum Gasteiger partial charge on any atom is -0.395 e. The van der Waals surface area contributed by atoms with Gasteiger partial charge in [-0.2, -0.15) is 8.61 Å². The minimum atomic E-state index is -3.80. The lowest BCUT2D eigenvalue weighted by atomic mass is 9.83. The zero-order valence-corrected chi connectivity index (χ0v) is 31.8. The van der Waals surface area contributed by atoms with Crippen LogP contribution in [0.25, 0.3) is 0 Å². The summed E-state index contributed by atoms with van der Waals surface area (Å²) in [7, 11) is 0.362. The zero-order chi connectivity index (χ0) is 35.7. The number of hydrogen-bond acceptors (Lipinski definition) is 10. The molecule has 50 heavy (non-hydrogen) atoms. The van der Waals surface area contributed by atoms with Crippen molar-refractivity contribution in [1.29, 1.82) is 0 Å². The molecule has 0 amide bonds. The summed E-state index contributed by atoms with van der Waals surface area (Å²) in [6, 6.07) is 10.0. The van der Waals surface area contributed by atoms with E-state index < -0.39 is 20.0 Å². The molecule has 2 saturated heterocycles. The molecule has 3 aliphatic rings. The molecule has 0 spiro atoms. The number of rotatable bonds is 14. The predicted molar refractivity (Wildman–Crippen MR) is 197 cm³/mol. The highest BCUT2D eigenvalue weighted by Crippen LogP contribution is 2.34. The standard InChI is InChI=1S/C36H54N6O6S2/c1-39(2)19-13-25-47-37-35-31-17-15-29(49(43,44)41-21-9-5-6-10-22-41)27-33(31)36(38-48-26-14-20-40(3)4)34-28-30(16-18-32(34)35)50(45,46)42-23-11-7-8-12-24-42/h15-18,27-28H,5-14,19-26H2,1-4H3. The molecule has 2 aromatic carbocycles. The van der Waals surface area contributed by atoms with Crippen LogP contribution in [-0.4, -0.2) is 127 Å². The van der Waals surface area contributed by atoms with Crippen LogP contribution in [0.5, 0.6) is 0 Å². The van der Waals surface area contributed by atoms with Gasteiger partial charge in [0.15, 0.2) is 0 Å². The summed E-state index contributed by atoms with van der Waals surface area (Å²) in [5.74, 6) is 0. The van der Waals surface area contributed by atoms with Gasteiger partial charge in [-0.1, -0.05) is 48.1 Å². The second-order valence-electron chi connectivity index (χ2n) is 13.9. The van der Waals surface area contributed by atoms with Gasteiger partial charge in [0.1, 0.15) is 24.6 Å². The minimum absolute atomic E-state index is 0.154. The molecular formula is C36H54N6O6S2. The molecule has 0 N–H and O–H groups in total. The molecule has 2 aliphatic heterocycles. The third-order valence-corrected chi connectivity index (χ3v) is 13.2. The van der Waals surface area contributed by atoms with Crippen molar-refractivity contribution >= 4 is 31.5 Å². The molecule has 0 radical (unpaired) electrons. The maximum Gasteiger partial charge on any atom is 0.243 e. The molecule has 12 nitrogen and oxygen atoms in total. The summed E-state index contributed by atoms with van der Waals surface area (Å²) >= 11 is 0. The Morgan fingerprint density at radius 2 is 0.920 bits per heavy atom. The maximum atomic E-state index is 14.0. The lowest BCUT2D eigenvalue weighted by Gasteiger charge is -2.26. The molecule has 14 heteroatoms. The Balaban J connectivity index is 1.63. The monoisotopic (exact) mass is 730 g/mol. The Morgan fingerprint density at radius 3 is 1.28 bits per heavy atom. The highest BCUT2D eigenvalue weighted by molar-refractivity contribution is 7.89. The summed E-state index contributed by atoms with van der Waals surface area (Å²) in [6.07, 6.45) is 8.79. The first-order valence-corrected chi connectivity index (χ1v) is 20.9. The number of benzene rings is 2. The molecule has 2 heterocycles. The van der Waals surface area contributed by atoms with Crippen LogP contribution >= 0.6 is 0 Å². The number of fused-ring (bicyclic) bond motifs is 2. The number of nitrogens with zero attached hydrogens (tertiary/aromatic N) is 6. The number of sulfonamides is 2. The normalized spacial score (nSPS) is 18.0. The Bertz CT molecular complexity index is 1620. The molecule has 0 saturated carbocycles. The van der Waals surface area contributed by atoms with Crippen LogP contribution in [0, 0.1) is 0 Å². The quantitative estimate of drug-likeness (QED) is 0.175. The van der Waals surface area contributed by atoms with E-state index in [1.807, 2.05) is 28.2 Å². The number of oxime groups is 2. The van der Waals surface area contributed by atoms with Crippen LogP contribution in [0.4, 0.5) is 0 Å². The van der Waals surface area contributed by atoms with Gasteiger partial charge < -0.3 is 19.5 Å². The van der Waals surface area contributed by atoms with Crippen molar-refractivity contribution in [1.82, 2.24) is 18.4 Å². The smallest absolute Gasteiger partial charge is 0.243 e. The molecule has 0 atom stereocenters. The third kappa shape index (κ3) is 9.31. The van der Waals surface area contributed by atoms with E-state index in [0.29, 0.717) is 73.1 Å². The van der Waals surface area contributed by atoms with Crippen LogP contribution in [0.3, 0.4) is 0 Å². The molecular weight excluding hydrogens is 677 g/mol. The molecule has 2 fully saturated rings. The van der Waals surface area contributed by atoms with Gasteiger partial charge in [0.25, 0.3) is 0 Å². The summed E-state index contributed by atoms with van der Waals surface area (Å²) < 4.78 is 59.2. The van der Waals surface area contributed by atoms with Gasteiger partial charge in [-0.15, -0.1) is 0 Å². The first-order chi connectivity index (χ1) is 24.0. The largest absolute Gasteiger partial charge is 0.395 e. The molecule has 276 valence electrons. The van der Waals surface area contributed by atoms with Crippen LogP contribution in [0.2, 0.25) is 0 Å². The second-order valence-corrected chi connectivity index (χ2v) is 17.8. The average Bonchev–Trinajstić information content (AvgIpc) is 3.55. The van der Waals surface area contributed by atoms with Gasteiger partial charge in [-0.25, -0.2) is 16.8 Å². The highest BCUT2D eigenvalue weighted by atomic mass is 32.2. The van der Waals surface area contributed by atoms with E-state index in [9.17, 15) is 16.8 Å². The van der Waals surface area contributed by atoms with E-state index in [0.717, 1.165) is 77.3 Å². The van der Waals surface area contributed by atoms with Gasteiger partial charge in [0.05, 0.1) is 9.79 Å². The van der Waals surface area contributed by atoms with Crippen molar-refractivity contribution in [2.24, 2.45) is 10.3 Å². The van der Waals surface area contributed by atoms with Gasteiger partial charge in [-0.05, 0) is 91.0 Å². The number of hydrogen-bond donors (Lipinski definition) is 0. The SMILES string of the molecule is CN(C)CCCON=C1c2ccc(S(=O)(=O)N3CCCCCC3)cc2C(=NOCCCN(C)C)c2cc(S(=O)(=O)N3CCCCCC3)ccc21. The van der Waals surface area contributed by atoms with Crippen molar-refractivity contribution < 1.29 is 26.5 Å². The van der Waals surface area contributed by atoms with Crippen molar-refractivity contribution in [3.05, 3.63) is 58.7 Å². The van der Waals surface area contributed by atoms with Gasteiger partial charge >= 0.3 is 0 Å². The Morgan fingerprint density at radius 1 is 0.560 bits per heavy atom. The van der Waals surface area contributed by atoms with E-state index in [-0.39, 0.29) is 9.79 Å². The van der Waals surface area contributed by atoms with Crippen LogP contribution in [0.1, 0.15) is 86.5 Å². The van der Waals surface area contributed by atoms with Crippen molar-refractivity contribution in [3.63, 3.8) is 0 Å². The van der Waals surface area contributed by atoms with Gasteiger partial charge in [0, 0.05) is 61.5 Å². The molecule has 0 aromatic heterocycles. The fraction of sp³-hybridized carbons (Fsp3) is 0.611. The van der Waals surface area contributed by atoms with Crippen LogP contribution < -0.4 is 0 Å². The summed E-state index contributed by atoms with van der Waals surface area (Å²) in [5.41, 5.74) is 3.13. The summed E-state index contributed by atoms with van der Waals surface area (Å²) in [6.45, 7) is 4.25. The van der Waals surface area contributed by atoms with E-state index in [1.54, 1.807) is 45.0 Å². The highest BCUT2D eigenvalue weighted by Gasteiger charge is 2.34. The van der Waals surface area contributed by atoms with Crippen LogP contribution in [0.15, 0.2) is 56.5 Å². The Hall–Kier alpha value is -2.88. The summed E-state index contributed by atoms with van der Waals surface area (Å²) in [5, 5.41) is 9.20. The van der Waals surface area contributed by atoms with Gasteiger partial charge in [0.2, 0.25) is 20.0 Å². The summed E-state index contributed by atoms with van der Waals surface area (Å²) in [4.78, 5) is 16.2. The Labute approximate surface area is 299 Å². The van der Waals surface area contributed by atoms with E-state index in [1.165, 1.54) is 0 Å². The maximum absolute atomic E-state index is 14.0. The average molecular weight is 731 g/mol. The molecule has 1 aliphatic carbocycles. The lowest BCUT2D eigenvalue weighted by Crippen LogP contribution is -2.33. The molecule has 2 aromatic rings. The van der Waals surface area contributed by atoms with E-state index in [4.69, 9.17) is 9.68 Å². The second kappa shape index (κ2) is 17.6. The Kier molecular flexibility index (Phi) is 13.5. The van der Waals surface area contributed by atoms with Crippen molar-refractivity contribution in [3.8, 4) is 0 Å². The van der Waals surface area contributed by atoms with E-state index in [2.05, 4.69) is 20.1 Å².